The molecule has 1 aromatic rings. The van der Waals surface area contributed by atoms with Gasteiger partial charge in [-0.3, -0.25) is 4.79 Å². The molecule has 2 saturated heterocycles. The topological polar surface area (TPSA) is 50.4 Å². The molecule has 2 fully saturated rings. The third-order valence-electron chi connectivity index (χ3n) is 5.17. The molecule has 0 radical (unpaired) electrons. The van der Waals surface area contributed by atoms with Gasteiger partial charge in [-0.2, -0.15) is 0 Å². The lowest BCUT2D eigenvalue weighted by Gasteiger charge is -2.37. The van der Waals surface area contributed by atoms with E-state index >= 15 is 0 Å². The number of benzene rings is 1. The molecule has 2 aliphatic heterocycles. The SMILES string of the molecule is O=C(NCCC1CCNC1)C1(c2ccccc2Cl)CCOCC1. The zero-order valence-corrected chi connectivity index (χ0v) is 14.2. The number of halogens is 1. The van der Waals surface area contributed by atoms with E-state index in [9.17, 15) is 4.79 Å². The van der Waals surface area contributed by atoms with E-state index in [4.69, 9.17) is 16.3 Å². The van der Waals surface area contributed by atoms with Crippen molar-refractivity contribution in [1.82, 2.24) is 10.6 Å². The van der Waals surface area contributed by atoms with Crippen molar-refractivity contribution in [3.05, 3.63) is 34.9 Å². The molecule has 2 heterocycles. The van der Waals surface area contributed by atoms with Crippen LogP contribution in [-0.4, -0.2) is 38.8 Å². The van der Waals surface area contributed by atoms with E-state index in [2.05, 4.69) is 10.6 Å². The van der Waals surface area contributed by atoms with Crippen LogP contribution in [0.3, 0.4) is 0 Å². The molecule has 126 valence electrons. The van der Waals surface area contributed by atoms with E-state index in [0.717, 1.165) is 31.6 Å². The first-order valence-electron chi connectivity index (χ1n) is 8.54. The molecular weight excluding hydrogens is 312 g/mol. The summed E-state index contributed by atoms with van der Waals surface area (Å²) in [6.45, 7) is 4.10. The summed E-state index contributed by atoms with van der Waals surface area (Å²) in [6.07, 6.45) is 3.62. The van der Waals surface area contributed by atoms with Gasteiger partial charge in [0.05, 0.1) is 5.41 Å². The van der Waals surface area contributed by atoms with Crippen molar-refractivity contribution in [2.24, 2.45) is 5.92 Å². The van der Waals surface area contributed by atoms with Crippen LogP contribution in [0.25, 0.3) is 0 Å². The van der Waals surface area contributed by atoms with Crippen LogP contribution < -0.4 is 10.6 Å². The second-order valence-corrected chi connectivity index (χ2v) is 6.98. The Morgan fingerprint density at radius 3 is 2.83 bits per heavy atom. The Balaban J connectivity index is 1.70. The average molecular weight is 337 g/mol. The largest absolute Gasteiger partial charge is 0.381 e. The minimum absolute atomic E-state index is 0.0971. The summed E-state index contributed by atoms with van der Waals surface area (Å²) in [4.78, 5) is 13.0. The molecule has 1 atom stereocenters. The second kappa shape index (κ2) is 7.65. The van der Waals surface area contributed by atoms with Gasteiger partial charge in [0.1, 0.15) is 0 Å². The van der Waals surface area contributed by atoms with E-state index in [1.165, 1.54) is 6.42 Å². The predicted octanol–water partition coefficient (Wildman–Crippen LogP) is 2.50. The third-order valence-corrected chi connectivity index (χ3v) is 5.50. The summed E-state index contributed by atoms with van der Waals surface area (Å²) >= 11 is 6.40. The van der Waals surface area contributed by atoms with Gasteiger partial charge in [0.2, 0.25) is 5.91 Å². The molecular formula is C18H25ClN2O2. The average Bonchev–Trinajstić information content (AvgIpc) is 3.09. The van der Waals surface area contributed by atoms with Crippen molar-refractivity contribution in [1.29, 1.82) is 0 Å². The number of rotatable bonds is 5. The smallest absolute Gasteiger partial charge is 0.230 e. The van der Waals surface area contributed by atoms with E-state index in [1.54, 1.807) is 0 Å². The first kappa shape index (κ1) is 16.7. The fraction of sp³-hybridized carbons (Fsp3) is 0.611. The number of hydrogen-bond donors (Lipinski definition) is 2. The molecule has 23 heavy (non-hydrogen) atoms. The molecule has 0 aliphatic carbocycles. The number of carbonyl (C=O) groups is 1. The summed E-state index contributed by atoms with van der Waals surface area (Å²) in [6, 6.07) is 7.71. The van der Waals surface area contributed by atoms with Crippen molar-refractivity contribution in [2.75, 3.05) is 32.8 Å². The number of carbonyl (C=O) groups excluding carboxylic acids is 1. The van der Waals surface area contributed by atoms with Crippen LogP contribution in [0.15, 0.2) is 24.3 Å². The van der Waals surface area contributed by atoms with Crippen LogP contribution in [0.2, 0.25) is 5.02 Å². The number of amides is 1. The highest BCUT2D eigenvalue weighted by Gasteiger charge is 2.42. The zero-order chi connectivity index (χ0) is 16.1. The second-order valence-electron chi connectivity index (χ2n) is 6.58. The molecule has 1 unspecified atom stereocenters. The number of ether oxygens (including phenoxy) is 1. The highest BCUT2D eigenvalue weighted by atomic mass is 35.5. The van der Waals surface area contributed by atoms with Crippen molar-refractivity contribution >= 4 is 17.5 Å². The van der Waals surface area contributed by atoms with Crippen molar-refractivity contribution in [2.45, 2.75) is 31.1 Å². The van der Waals surface area contributed by atoms with Crippen LogP contribution in [0.4, 0.5) is 0 Å². The van der Waals surface area contributed by atoms with Gasteiger partial charge in [-0.05, 0) is 56.3 Å². The summed E-state index contributed by atoms with van der Waals surface area (Å²) in [5.74, 6) is 0.779. The lowest BCUT2D eigenvalue weighted by atomic mass is 9.73. The fourth-order valence-corrected chi connectivity index (χ4v) is 4.02. The van der Waals surface area contributed by atoms with Crippen LogP contribution >= 0.6 is 11.6 Å². The first-order valence-corrected chi connectivity index (χ1v) is 8.92. The molecule has 2 aliphatic rings. The van der Waals surface area contributed by atoms with Crippen molar-refractivity contribution < 1.29 is 9.53 Å². The van der Waals surface area contributed by atoms with Crippen LogP contribution in [0.1, 0.15) is 31.2 Å². The van der Waals surface area contributed by atoms with E-state index in [1.807, 2.05) is 24.3 Å². The Morgan fingerprint density at radius 1 is 1.35 bits per heavy atom. The van der Waals surface area contributed by atoms with Crippen molar-refractivity contribution in [3.63, 3.8) is 0 Å². The highest BCUT2D eigenvalue weighted by molar-refractivity contribution is 6.31. The third kappa shape index (κ3) is 3.70. The van der Waals surface area contributed by atoms with Gasteiger partial charge in [-0.25, -0.2) is 0 Å². The Bertz CT molecular complexity index is 538. The van der Waals surface area contributed by atoms with Gasteiger partial charge in [-0.15, -0.1) is 0 Å². The molecule has 2 N–H and O–H groups in total. The lowest BCUT2D eigenvalue weighted by Crippen LogP contribution is -2.48. The molecule has 3 rings (SSSR count). The molecule has 4 nitrogen and oxygen atoms in total. The van der Waals surface area contributed by atoms with E-state index in [-0.39, 0.29) is 5.91 Å². The summed E-state index contributed by atoms with van der Waals surface area (Å²) in [5, 5.41) is 7.20. The standard InChI is InChI=1S/C18H25ClN2O2/c19-16-4-2-1-3-15(16)18(7-11-23-12-8-18)17(22)21-10-6-14-5-9-20-13-14/h1-4,14,20H,5-13H2,(H,21,22). The Kier molecular flexibility index (Phi) is 5.57. The zero-order valence-electron chi connectivity index (χ0n) is 13.4. The molecule has 0 saturated carbocycles. The normalized spacial score (nSPS) is 23.6. The summed E-state index contributed by atoms with van der Waals surface area (Å²) in [7, 11) is 0. The van der Waals surface area contributed by atoms with Gasteiger partial charge in [0.15, 0.2) is 0 Å². The molecule has 0 bridgehead atoms. The fourth-order valence-electron chi connectivity index (χ4n) is 3.71. The molecule has 5 heteroatoms. The van der Waals surface area contributed by atoms with Crippen LogP contribution in [0.5, 0.6) is 0 Å². The minimum Gasteiger partial charge on any atom is -0.381 e. The highest BCUT2D eigenvalue weighted by Crippen LogP contribution is 2.38. The van der Waals surface area contributed by atoms with Gasteiger partial charge in [-0.1, -0.05) is 29.8 Å². The molecule has 0 aromatic heterocycles. The molecule has 0 spiro atoms. The maximum absolute atomic E-state index is 13.0. The molecule has 1 amide bonds. The minimum atomic E-state index is -0.551. The van der Waals surface area contributed by atoms with E-state index < -0.39 is 5.41 Å². The summed E-state index contributed by atoms with van der Waals surface area (Å²) in [5.41, 5.74) is 0.384. The Hall–Kier alpha value is -1.10. The first-order chi connectivity index (χ1) is 11.2. The van der Waals surface area contributed by atoms with Crippen LogP contribution in [-0.2, 0) is 14.9 Å². The van der Waals surface area contributed by atoms with Gasteiger partial charge in [0, 0.05) is 24.8 Å². The monoisotopic (exact) mass is 336 g/mol. The maximum atomic E-state index is 13.0. The quantitative estimate of drug-likeness (QED) is 0.868. The predicted molar refractivity (Wildman–Crippen MR) is 91.8 cm³/mol. The Morgan fingerprint density at radius 2 is 2.13 bits per heavy atom. The van der Waals surface area contributed by atoms with Gasteiger partial charge < -0.3 is 15.4 Å². The molecule has 1 aromatic carbocycles. The van der Waals surface area contributed by atoms with Crippen molar-refractivity contribution in [3.8, 4) is 0 Å². The number of nitrogens with one attached hydrogen (secondary N) is 2. The Labute approximate surface area is 142 Å². The summed E-state index contributed by atoms with van der Waals surface area (Å²) < 4.78 is 5.49. The number of hydrogen-bond acceptors (Lipinski definition) is 3. The van der Waals surface area contributed by atoms with Crippen LogP contribution in [0, 0.1) is 5.92 Å². The van der Waals surface area contributed by atoms with E-state index in [0.29, 0.717) is 37.0 Å². The maximum Gasteiger partial charge on any atom is 0.230 e. The van der Waals surface area contributed by atoms with Gasteiger partial charge >= 0.3 is 0 Å². The van der Waals surface area contributed by atoms with Gasteiger partial charge in [0.25, 0.3) is 0 Å². The lowest BCUT2D eigenvalue weighted by molar-refractivity contribution is -0.130.